The summed E-state index contributed by atoms with van der Waals surface area (Å²) in [6, 6.07) is 0.102. The van der Waals surface area contributed by atoms with E-state index in [2.05, 4.69) is 23.4 Å². The SMILES string of the molecule is CC1CC(C)CC(C(N)c2nccn2C)C1. The first-order valence-corrected chi connectivity index (χ1v) is 6.30. The molecule has 2 N–H and O–H groups in total. The molecule has 0 aromatic carbocycles. The maximum Gasteiger partial charge on any atom is 0.125 e. The summed E-state index contributed by atoms with van der Waals surface area (Å²) in [5.41, 5.74) is 6.36. The van der Waals surface area contributed by atoms with Gasteiger partial charge in [0.15, 0.2) is 0 Å². The molecule has 1 aliphatic rings. The minimum atomic E-state index is 0.102. The average Bonchev–Trinajstić information content (AvgIpc) is 2.62. The maximum absolute atomic E-state index is 6.36. The van der Waals surface area contributed by atoms with Crippen molar-refractivity contribution in [2.45, 2.75) is 39.2 Å². The van der Waals surface area contributed by atoms with E-state index in [1.807, 2.05) is 19.4 Å². The van der Waals surface area contributed by atoms with Gasteiger partial charge < -0.3 is 10.3 Å². The lowest BCUT2D eigenvalue weighted by Crippen LogP contribution is -2.30. The summed E-state index contributed by atoms with van der Waals surface area (Å²) in [6.07, 6.45) is 7.66. The molecule has 1 fully saturated rings. The van der Waals surface area contributed by atoms with E-state index < -0.39 is 0 Å². The van der Waals surface area contributed by atoms with Gasteiger partial charge in [0.2, 0.25) is 0 Å². The number of imidazole rings is 1. The van der Waals surface area contributed by atoms with Crippen molar-refractivity contribution in [2.24, 2.45) is 30.5 Å². The van der Waals surface area contributed by atoms with E-state index in [9.17, 15) is 0 Å². The third kappa shape index (κ3) is 2.29. The molecule has 1 heterocycles. The van der Waals surface area contributed by atoms with Crippen molar-refractivity contribution in [2.75, 3.05) is 0 Å². The van der Waals surface area contributed by atoms with Gasteiger partial charge in [-0.25, -0.2) is 4.98 Å². The minimum absolute atomic E-state index is 0.102. The van der Waals surface area contributed by atoms with Gasteiger partial charge in [-0.3, -0.25) is 0 Å². The Kier molecular flexibility index (Phi) is 3.33. The van der Waals surface area contributed by atoms with E-state index in [4.69, 9.17) is 5.73 Å². The molecule has 0 amide bonds. The molecule has 3 unspecified atom stereocenters. The Morgan fingerprint density at radius 2 is 1.94 bits per heavy atom. The summed E-state index contributed by atoms with van der Waals surface area (Å²) in [6.45, 7) is 4.68. The van der Waals surface area contributed by atoms with Crippen molar-refractivity contribution in [1.82, 2.24) is 9.55 Å². The molecule has 0 bridgehead atoms. The quantitative estimate of drug-likeness (QED) is 0.834. The predicted octanol–water partition coefficient (Wildman–Crippen LogP) is 2.49. The lowest BCUT2D eigenvalue weighted by molar-refractivity contribution is 0.189. The summed E-state index contributed by atoms with van der Waals surface area (Å²) in [7, 11) is 2.03. The van der Waals surface area contributed by atoms with Crippen LogP contribution in [0.25, 0.3) is 0 Å². The highest BCUT2D eigenvalue weighted by atomic mass is 15.1. The zero-order chi connectivity index (χ0) is 11.7. The Bertz CT molecular complexity index is 335. The standard InChI is InChI=1S/C13H23N3/c1-9-6-10(2)8-11(7-9)12(14)13-15-4-5-16(13)3/h4-5,9-12H,6-8,14H2,1-3H3. The van der Waals surface area contributed by atoms with E-state index in [1.54, 1.807) is 0 Å². The molecule has 3 heteroatoms. The molecule has 0 spiro atoms. The third-order valence-electron chi connectivity index (χ3n) is 3.88. The van der Waals surface area contributed by atoms with Crippen molar-refractivity contribution in [3.8, 4) is 0 Å². The molecule has 90 valence electrons. The zero-order valence-electron chi connectivity index (χ0n) is 10.6. The minimum Gasteiger partial charge on any atom is -0.337 e. The summed E-state index contributed by atoms with van der Waals surface area (Å²) in [5, 5.41) is 0. The molecule has 2 rings (SSSR count). The molecular weight excluding hydrogens is 198 g/mol. The summed E-state index contributed by atoms with van der Waals surface area (Å²) < 4.78 is 2.05. The molecule has 3 atom stereocenters. The highest BCUT2D eigenvalue weighted by Crippen LogP contribution is 2.38. The first-order valence-electron chi connectivity index (χ1n) is 6.30. The van der Waals surface area contributed by atoms with Gasteiger partial charge in [-0.2, -0.15) is 0 Å². The van der Waals surface area contributed by atoms with Crippen LogP contribution in [-0.4, -0.2) is 9.55 Å². The van der Waals surface area contributed by atoms with Gasteiger partial charge in [-0.1, -0.05) is 13.8 Å². The van der Waals surface area contributed by atoms with Crippen LogP contribution in [0.5, 0.6) is 0 Å². The van der Waals surface area contributed by atoms with Crippen molar-refractivity contribution in [1.29, 1.82) is 0 Å². The van der Waals surface area contributed by atoms with E-state index >= 15 is 0 Å². The molecule has 1 aromatic rings. The highest BCUT2D eigenvalue weighted by molar-refractivity contribution is 5.01. The van der Waals surface area contributed by atoms with Crippen molar-refractivity contribution >= 4 is 0 Å². The topological polar surface area (TPSA) is 43.8 Å². The van der Waals surface area contributed by atoms with Crippen LogP contribution in [0.1, 0.15) is 45.0 Å². The van der Waals surface area contributed by atoms with Gasteiger partial charge in [0.25, 0.3) is 0 Å². The number of rotatable bonds is 2. The second kappa shape index (κ2) is 4.58. The van der Waals surface area contributed by atoms with Crippen LogP contribution in [0.4, 0.5) is 0 Å². The number of aryl methyl sites for hydroxylation is 1. The lowest BCUT2D eigenvalue weighted by atomic mass is 9.74. The number of hydrogen-bond donors (Lipinski definition) is 1. The molecule has 0 saturated heterocycles. The van der Waals surface area contributed by atoms with Crippen LogP contribution in [0.2, 0.25) is 0 Å². The Morgan fingerprint density at radius 3 is 2.44 bits per heavy atom. The number of nitrogens with zero attached hydrogens (tertiary/aromatic N) is 2. The molecule has 3 nitrogen and oxygen atoms in total. The second-order valence-corrected chi connectivity index (χ2v) is 5.60. The average molecular weight is 221 g/mol. The summed E-state index contributed by atoms with van der Waals surface area (Å²) >= 11 is 0. The molecule has 16 heavy (non-hydrogen) atoms. The first kappa shape index (κ1) is 11.6. The van der Waals surface area contributed by atoms with Crippen LogP contribution < -0.4 is 5.73 Å². The fourth-order valence-corrected chi connectivity index (χ4v) is 3.21. The molecule has 1 aromatic heterocycles. The van der Waals surface area contributed by atoms with Gasteiger partial charge in [0, 0.05) is 19.4 Å². The number of hydrogen-bond acceptors (Lipinski definition) is 2. The number of aromatic nitrogens is 2. The Morgan fingerprint density at radius 1 is 1.31 bits per heavy atom. The van der Waals surface area contributed by atoms with E-state index in [0.717, 1.165) is 17.7 Å². The molecule has 1 aliphatic carbocycles. The summed E-state index contributed by atoms with van der Waals surface area (Å²) in [5.74, 6) is 3.24. The van der Waals surface area contributed by atoms with Gasteiger partial charge in [0.05, 0.1) is 6.04 Å². The Labute approximate surface area is 98.1 Å². The normalized spacial score (nSPS) is 32.6. The second-order valence-electron chi connectivity index (χ2n) is 5.60. The molecule has 0 radical (unpaired) electrons. The van der Waals surface area contributed by atoms with Crippen molar-refractivity contribution in [3.63, 3.8) is 0 Å². The van der Waals surface area contributed by atoms with Crippen molar-refractivity contribution < 1.29 is 0 Å². The smallest absolute Gasteiger partial charge is 0.125 e. The van der Waals surface area contributed by atoms with E-state index in [-0.39, 0.29) is 6.04 Å². The largest absolute Gasteiger partial charge is 0.337 e. The van der Waals surface area contributed by atoms with Crippen LogP contribution in [-0.2, 0) is 7.05 Å². The zero-order valence-corrected chi connectivity index (χ0v) is 10.6. The maximum atomic E-state index is 6.36. The monoisotopic (exact) mass is 221 g/mol. The third-order valence-corrected chi connectivity index (χ3v) is 3.88. The molecule has 1 saturated carbocycles. The van der Waals surface area contributed by atoms with Gasteiger partial charge in [0.1, 0.15) is 5.82 Å². The first-order chi connectivity index (χ1) is 7.58. The molecule has 0 aliphatic heterocycles. The van der Waals surface area contributed by atoms with Crippen molar-refractivity contribution in [3.05, 3.63) is 18.2 Å². The van der Waals surface area contributed by atoms with Crippen LogP contribution in [0, 0.1) is 17.8 Å². The lowest BCUT2D eigenvalue weighted by Gasteiger charge is -2.34. The fraction of sp³-hybridized carbons (Fsp3) is 0.769. The molecular formula is C13H23N3. The Balaban J connectivity index is 2.10. The predicted molar refractivity (Wildman–Crippen MR) is 65.8 cm³/mol. The van der Waals surface area contributed by atoms with E-state index in [0.29, 0.717) is 5.92 Å². The van der Waals surface area contributed by atoms with Crippen LogP contribution in [0.15, 0.2) is 12.4 Å². The Hall–Kier alpha value is -0.830. The van der Waals surface area contributed by atoms with E-state index in [1.165, 1.54) is 19.3 Å². The number of nitrogens with two attached hydrogens (primary N) is 1. The van der Waals surface area contributed by atoms with Gasteiger partial charge >= 0.3 is 0 Å². The summed E-state index contributed by atoms with van der Waals surface area (Å²) in [4.78, 5) is 4.38. The van der Waals surface area contributed by atoms with Gasteiger partial charge in [-0.05, 0) is 37.0 Å². The van der Waals surface area contributed by atoms with Crippen LogP contribution in [0.3, 0.4) is 0 Å². The fourth-order valence-electron chi connectivity index (χ4n) is 3.21. The highest BCUT2D eigenvalue weighted by Gasteiger charge is 2.30. The van der Waals surface area contributed by atoms with Crippen LogP contribution >= 0.6 is 0 Å². The van der Waals surface area contributed by atoms with Gasteiger partial charge in [-0.15, -0.1) is 0 Å².